The predicted molar refractivity (Wildman–Crippen MR) is 80.7 cm³/mol. The normalized spacial score (nSPS) is 11.9. The lowest BCUT2D eigenvalue weighted by Crippen LogP contribution is -2.25. The molecular formula is C13H25N3O4S. The van der Waals surface area contributed by atoms with Crippen LogP contribution in [0, 0.1) is 0 Å². The van der Waals surface area contributed by atoms with Gasteiger partial charge in [-0.3, -0.25) is 0 Å². The van der Waals surface area contributed by atoms with Crippen molar-refractivity contribution in [3.05, 3.63) is 18.0 Å². The Balaban J connectivity index is 2.31. The fraction of sp³-hybridized carbons (Fsp3) is 0.692. The average molecular weight is 319 g/mol. The molecule has 3 N–H and O–H groups in total. The Hall–Kier alpha value is -0.930. The van der Waals surface area contributed by atoms with E-state index in [4.69, 9.17) is 9.47 Å². The third-order valence-electron chi connectivity index (χ3n) is 2.78. The van der Waals surface area contributed by atoms with Gasteiger partial charge in [-0.15, -0.1) is 0 Å². The minimum absolute atomic E-state index is 0.260. The standard InChI is InChI=1S/C13H25N3O4S/c1-3-14-10-12-9-13(11-15-12)21(17,18)16-5-4-6-20-8-7-19-2/h9,11,14-16H,3-8,10H2,1-2H3. The number of H-pyrrole nitrogens is 1. The number of ether oxygens (including phenoxy) is 2. The van der Waals surface area contributed by atoms with Crippen LogP contribution in [0.2, 0.25) is 0 Å². The van der Waals surface area contributed by atoms with Crippen LogP contribution < -0.4 is 10.0 Å². The van der Waals surface area contributed by atoms with Gasteiger partial charge < -0.3 is 19.8 Å². The monoisotopic (exact) mass is 319 g/mol. The lowest BCUT2D eigenvalue weighted by atomic mass is 10.4. The Kier molecular flexibility index (Phi) is 8.55. The minimum atomic E-state index is -3.45. The molecule has 0 aromatic carbocycles. The van der Waals surface area contributed by atoms with E-state index in [0.29, 0.717) is 39.3 Å². The second-order valence-electron chi connectivity index (χ2n) is 4.50. The van der Waals surface area contributed by atoms with Crippen LogP contribution in [0.15, 0.2) is 17.2 Å². The molecule has 0 aliphatic carbocycles. The molecule has 0 bridgehead atoms. The van der Waals surface area contributed by atoms with Crippen molar-refractivity contribution >= 4 is 10.0 Å². The average Bonchev–Trinajstić information content (AvgIpc) is 2.94. The summed E-state index contributed by atoms with van der Waals surface area (Å²) in [7, 11) is -1.84. The first-order valence-electron chi connectivity index (χ1n) is 7.04. The van der Waals surface area contributed by atoms with Gasteiger partial charge in [-0.25, -0.2) is 13.1 Å². The van der Waals surface area contributed by atoms with Gasteiger partial charge in [0.1, 0.15) is 0 Å². The molecule has 21 heavy (non-hydrogen) atoms. The van der Waals surface area contributed by atoms with Crippen LogP contribution in [0.5, 0.6) is 0 Å². The van der Waals surface area contributed by atoms with Crippen LogP contribution >= 0.6 is 0 Å². The van der Waals surface area contributed by atoms with Crippen LogP contribution in [0.4, 0.5) is 0 Å². The van der Waals surface area contributed by atoms with Gasteiger partial charge in [-0.1, -0.05) is 6.92 Å². The Morgan fingerprint density at radius 1 is 1.29 bits per heavy atom. The Morgan fingerprint density at radius 3 is 2.81 bits per heavy atom. The SMILES string of the molecule is CCNCc1cc(S(=O)(=O)NCCCOCCOC)c[nH]1. The van der Waals surface area contributed by atoms with E-state index in [1.54, 1.807) is 13.2 Å². The molecule has 0 spiro atoms. The van der Waals surface area contributed by atoms with Crippen LogP contribution in [-0.2, 0) is 26.0 Å². The molecule has 7 nitrogen and oxygen atoms in total. The molecule has 0 saturated carbocycles. The molecule has 1 heterocycles. The van der Waals surface area contributed by atoms with E-state index in [0.717, 1.165) is 12.2 Å². The summed E-state index contributed by atoms with van der Waals surface area (Å²) in [6.45, 7) is 5.38. The topological polar surface area (TPSA) is 92.5 Å². The summed E-state index contributed by atoms with van der Waals surface area (Å²) < 4.78 is 36.8. The number of hydrogen-bond donors (Lipinski definition) is 3. The lowest BCUT2D eigenvalue weighted by Gasteiger charge is -2.05. The van der Waals surface area contributed by atoms with E-state index >= 15 is 0 Å². The summed E-state index contributed by atoms with van der Waals surface area (Å²) in [6.07, 6.45) is 2.13. The van der Waals surface area contributed by atoms with Gasteiger partial charge in [0.25, 0.3) is 0 Å². The predicted octanol–water partition coefficient (Wildman–Crippen LogP) is 0.456. The zero-order valence-electron chi connectivity index (χ0n) is 12.6. The second-order valence-corrected chi connectivity index (χ2v) is 6.26. The molecule has 0 aliphatic heterocycles. The molecule has 1 aromatic rings. The van der Waals surface area contributed by atoms with Crippen molar-refractivity contribution < 1.29 is 17.9 Å². The molecule has 0 atom stereocenters. The molecule has 122 valence electrons. The smallest absolute Gasteiger partial charge is 0.242 e. The highest BCUT2D eigenvalue weighted by molar-refractivity contribution is 7.89. The Bertz CT molecular complexity index is 487. The number of rotatable bonds is 12. The highest BCUT2D eigenvalue weighted by Gasteiger charge is 2.15. The summed E-state index contributed by atoms with van der Waals surface area (Å²) in [6, 6.07) is 1.64. The van der Waals surface area contributed by atoms with E-state index in [9.17, 15) is 8.42 Å². The zero-order valence-corrected chi connectivity index (χ0v) is 13.5. The van der Waals surface area contributed by atoms with E-state index in [2.05, 4.69) is 15.0 Å². The van der Waals surface area contributed by atoms with E-state index in [1.165, 1.54) is 6.20 Å². The van der Waals surface area contributed by atoms with Crippen molar-refractivity contribution in [2.75, 3.05) is 40.0 Å². The number of hydrogen-bond acceptors (Lipinski definition) is 5. The number of sulfonamides is 1. The van der Waals surface area contributed by atoms with E-state index in [1.807, 2.05) is 6.92 Å². The van der Waals surface area contributed by atoms with Crippen LogP contribution in [-0.4, -0.2) is 53.4 Å². The van der Waals surface area contributed by atoms with Crippen molar-refractivity contribution in [1.82, 2.24) is 15.0 Å². The number of nitrogens with one attached hydrogen (secondary N) is 3. The first-order chi connectivity index (χ1) is 10.1. The largest absolute Gasteiger partial charge is 0.382 e. The van der Waals surface area contributed by atoms with Crippen molar-refractivity contribution in [3.63, 3.8) is 0 Å². The molecule has 8 heteroatoms. The maximum absolute atomic E-state index is 12.0. The van der Waals surface area contributed by atoms with Crippen molar-refractivity contribution in [3.8, 4) is 0 Å². The molecule has 0 amide bonds. The Labute approximate surface area is 126 Å². The fourth-order valence-electron chi connectivity index (χ4n) is 1.64. The third kappa shape index (κ3) is 7.05. The van der Waals surface area contributed by atoms with Crippen LogP contribution in [0.1, 0.15) is 19.0 Å². The van der Waals surface area contributed by atoms with Crippen LogP contribution in [0.3, 0.4) is 0 Å². The molecule has 0 radical (unpaired) electrons. The molecular weight excluding hydrogens is 294 g/mol. The number of aromatic nitrogens is 1. The van der Waals surface area contributed by atoms with E-state index in [-0.39, 0.29) is 4.90 Å². The van der Waals surface area contributed by atoms with Gasteiger partial charge in [0.2, 0.25) is 10.0 Å². The number of methoxy groups -OCH3 is 1. The second kappa shape index (κ2) is 9.91. The van der Waals surface area contributed by atoms with Gasteiger partial charge in [0, 0.05) is 38.7 Å². The van der Waals surface area contributed by atoms with Gasteiger partial charge in [0.15, 0.2) is 0 Å². The molecule has 0 unspecified atom stereocenters. The maximum atomic E-state index is 12.0. The summed E-state index contributed by atoms with van der Waals surface area (Å²) in [4.78, 5) is 3.21. The minimum Gasteiger partial charge on any atom is -0.382 e. The first-order valence-corrected chi connectivity index (χ1v) is 8.53. The van der Waals surface area contributed by atoms with Crippen molar-refractivity contribution in [1.29, 1.82) is 0 Å². The summed E-state index contributed by atoms with van der Waals surface area (Å²) in [5, 5.41) is 3.13. The summed E-state index contributed by atoms with van der Waals surface area (Å²) in [5.41, 5.74) is 0.847. The van der Waals surface area contributed by atoms with Gasteiger partial charge in [-0.05, 0) is 19.0 Å². The lowest BCUT2D eigenvalue weighted by molar-refractivity contribution is 0.0699. The first kappa shape index (κ1) is 18.1. The third-order valence-corrected chi connectivity index (χ3v) is 4.22. The zero-order chi connectivity index (χ0) is 15.6. The molecule has 0 fully saturated rings. The summed E-state index contributed by atoms with van der Waals surface area (Å²) in [5.74, 6) is 0. The maximum Gasteiger partial charge on any atom is 0.242 e. The van der Waals surface area contributed by atoms with E-state index < -0.39 is 10.0 Å². The van der Waals surface area contributed by atoms with Crippen molar-refractivity contribution in [2.45, 2.75) is 24.8 Å². The number of aromatic amines is 1. The quantitative estimate of drug-likeness (QED) is 0.487. The van der Waals surface area contributed by atoms with Gasteiger partial charge in [-0.2, -0.15) is 0 Å². The van der Waals surface area contributed by atoms with Gasteiger partial charge in [0.05, 0.1) is 18.1 Å². The molecule has 1 rings (SSSR count). The fourth-order valence-corrected chi connectivity index (χ4v) is 2.74. The van der Waals surface area contributed by atoms with Crippen LogP contribution in [0.25, 0.3) is 0 Å². The van der Waals surface area contributed by atoms with Crippen molar-refractivity contribution in [2.24, 2.45) is 0 Å². The summed E-state index contributed by atoms with van der Waals surface area (Å²) >= 11 is 0. The highest BCUT2D eigenvalue weighted by Crippen LogP contribution is 2.10. The molecule has 0 aliphatic rings. The molecule has 0 saturated heterocycles. The Morgan fingerprint density at radius 2 is 2.10 bits per heavy atom. The highest BCUT2D eigenvalue weighted by atomic mass is 32.2. The van der Waals surface area contributed by atoms with Gasteiger partial charge >= 0.3 is 0 Å². The molecule has 1 aromatic heterocycles.